The van der Waals surface area contributed by atoms with Gasteiger partial charge >= 0.3 is 0 Å². The average Bonchev–Trinajstić information content (AvgIpc) is 2.66. The van der Waals surface area contributed by atoms with Gasteiger partial charge in [-0.1, -0.05) is 0 Å². The van der Waals surface area contributed by atoms with E-state index in [1.54, 1.807) is 7.11 Å². The van der Waals surface area contributed by atoms with Crippen LogP contribution in [-0.4, -0.2) is 17.3 Å². The van der Waals surface area contributed by atoms with Crippen LogP contribution in [0.4, 0.5) is 5.82 Å². The number of nitrogens with one attached hydrogen (secondary N) is 1. The van der Waals surface area contributed by atoms with Gasteiger partial charge in [0.25, 0.3) is 0 Å². The Balaban J connectivity index is 2.73. The van der Waals surface area contributed by atoms with Crippen LogP contribution in [0.1, 0.15) is 22.3 Å². The van der Waals surface area contributed by atoms with Crippen LogP contribution in [0, 0.1) is 27.7 Å². The number of anilines is 1. The summed E-state index contributed by atoms with van der Waals surface area (Å²) in [5.74, 6) is 1.47. The van der Waals surface area contributed by atoms with Gasteiger partial charge in [0.2, 0.25) is 0 Å². The number of aromatic nitrogens is 2. The molecule has 0 spiro atoms. The Bertz CT molecular complexity index is 600. The van der Waals surface area contributed by atoms with Crippen LogP contribution in [0.25, 0.3) is 11.3 Å². The second kappa shape index (κ2) is 4.37. The lowest BCUT2D eigenvalue weighted by Gasteiger charge is -2.15. The minimum absolute atomic E-state index is 0.553. The van der Waals surface area contributed by atoms with Crippen molar-refractivity contribution in [1.82, 2.24) is 10.2 Å². The predicted molar refractivity (Wildman–Crippen MR) is 73.9 cm³/mol. The van der Waals surface area contributed by atoms with Crippen molar-refractivity contribution in [2.45, 2.75) is 27.7 Å². The summed E-state index contributed by atoms with van der Waals surface area (Å²) >= 11 is 0. The van der Waals surface area contributed by atoms with E-state index in [1.165, 1.54) is 5.56 Å². The highest BCUT2D eigenvalue weighted by Gasteiger charge is 2.16. The summed E-state index contributed by atoms with van der Waals surface area (Å²) in [6.45, 7) is 8.20. The summed E-state index contributed by atoms with van der Waals surface area (Å²) in [5, 5.41) is 7.09. The molecule has 0 aliphatic rings. The fourth-order valence-electron chi connectivity index (χ4n) is 2.30. The maximum Gasteiger partial charge on any atom is 0.148 e. The molecule has 0 fully saturated rings. The normalized spacial score (nSPS) is 10.7. The molecule has 0 amide bonds. The summed E-state index contributed by atoms with van der Waals surface area (Å²) in [4.78, 5) is 0. The van der Waals surface area contributed by atoms with E-state index >= 15 is 0 Å². The Hall–Kier alpha value is -1.97. The zero-order valence-electron chi connectivity index (χ0n) is 11.5. The highest BCUT2D eigenvalue weighted by Crippen LogP contribution is 2.35. The van der Waals surface area contributed by atoms with Crippen molar-refractivity contribution >= 4 is 5.82 Å². The third-order valence-corrected chi connectivity index (χ3v) is 3.57. The van der Waals surface area contributed by atoms with Gasteiger partial charge in [0.05, 0.1) is 12.8 Å². The standard InChI is InChI=1S/C14H19N3O/c1-7-6-11(18-5)8(2)9(3)12(7)13-10(4)14(15)17-16-13/h6H,1-5H3,(H3,15,16,17). The lowest BCUT2D eigenvalue weighted by Crippen LogP contribution is -1.97. The molecular weight excluding hydrogens is 226 g/mol. The van der Waals surface area contributed by atoms with Gasteiger partial charge in [0, 0.05) is 11.1 Å². The third-order valence-electron chi connectivity index (χ3n) is 3.57. The highest BCUT2D eigenvalue weighted by molar-refractivity contribution is 5.75. The molecule has 1 aromatic carbocycles. The van der Waals surface area contributed by atoms with Crippen LogP contribution in [0.5, 0.6) is 5.75 Å². The molecule has 4 nitrogen and oxygen atoms in total. The van der Waals surface area contributed by atoms with Gasteiger partial charge in [-0.15, -0.1) is 0 Å². The van der Waals surface area contributed by atoms with Crippen LogP contribution in [0.15, 0.2) is 6.07 Å². The Labute approximate surface area is 107 Å². The van der Waals surface area contributed by atoms with Gasteiger partial charge in [0.1, 0.15) is 11.6 Å². The largest absolute Gasteiger partial charge is 0.496 e. The lowest BCUT2D eigenvalue weighted by atomic mass is 9.93. The van der Waals surface area contributed by atoms with Crippen LogP contribution in [0.2, 0.25) is 0 Å². The first-order valence-corrected chi connectivity index (χ1v) is 5.93. The monoisotopic (exact) mass is 245 g/mol. The second-order valence-electron chi connectivity index (χ2n) is 4.63. The fraction of sp³-hybridized carbons (Fsp3) is 0.357. The van der Waals surface area contributed by atoms with E-state index in [2.05, 4.69) is 31.0 Å². The van der Waals surface area contributed by atoms with Crippen molar-refractivity contribution in [3.8, 4) is 17.0 Å². The summed E-state index contributed by atoms with van der Waals surface area (Å²) in [6.07, 6.45) is 0. The van der Waals surface area contributed by atoms with Crippen molar-refractivity contribution in [1.29, 1.82) is 0 Å². The van der Waals surface area contributed by atoms with E-state index in [1.807, 2.05) is 13.0 Å². The number of aromatic amines is 1. The van der Waals surface area contributed by atoms with Crippen molar-refractivity contribution in [3.63, 3.8) is 0 Å². The van der Waals surface area contributed by atoms with E-state index in [-0.39, 0.29) is 0 Å². The summed E-state index contributed by atoms with van der Waals surface area (Å²) in [6, 6.07) is 2.05. The molecule has 0 saturated carbocycles. The first kappa shape index (κ1) is 12.5. The topological polar surface area (TPSA) is 63.9 Å². The molecule has 0 atom stereocenters. The van der Waals surface area contributed by atoms with Gasteiger partial charge in [-0.05, 0) is 50.5 Å². The highest BCUT2D eigenvalue weighted by atomic mass is 16.5. The number of nitrogen functional groups attached to an aromatic ring is 1. The molecule has 96 valence electrons. The Morgan fingerprint density at radius 3 is 2.28 bits per heavy atom. The van der Waals surface area contributed by atoms with E-state index in [9.17, 15) is 0 Å². The average molecular weight is 245 g/mol. The summed E-state index contributed by atoms with van der Waals surface area (Å²) in [5.41, 5.74) is 12.4. The number of hydrogen-bond acceptors (Lipinski definition) is 3. The SMILES string of the molecule is COc1cc(C)c(-c2[nH]nc(N)c2C)c(C)c1C. The third kappa shape index (κ3) is 1.74. The number of benzene rings is 1. The van der Waals surface area contributed by atoms with E-state index in [4.69, 9.17) is 10.5 Å². The molecule has 0 unspecified atom stereocenters. The molecule has 18 heavy (non-hydrogen) atoms. The minimum atomic E-state index is 0.553. The summed E-state index contributed by atoms with van der Waals surface area (Å²) in [7, 11) is 1.69. The second-order valence-corrected chi connectivity index (χ2v) is 4.63. The maximum atomic E-state index is 5.81. The zero-order chi connectivity index (χ0) is 13.4. The molecule has 1 heterocycles. The number of H-pyrrole nitrogens is 1. The number of methoxy groups -OCH3 is 1. The van der Waals surface area contributed by atoms with Crippen LogP contribution >= 0.6 is 0 Å². The van der Waals surface area contributed by atoms with Crippen molar-refractivity contribution in [2.75, 3.05) is 12.8 Å². The quantitative estimate of drug-likeness (QED) is 0.855. The molecular formula is C14H19N3O. The number of ether oxygens (including phenoxy) is 1. The maximum absolute atomic E-state index is 5.81. The molecule has 2 aromatic rings. The molecule has 0 saturated heterocycles. The smallest absolute Gasteiger partial charge is 0.148 e. The van der Waals surface area contributed by atoms with E-state index in [0.717, 1.165) is 33.7 Å². The fourth-order valence-corrected chi connectivity index (χ4v) is 2.30. The minimum Gasteiger partial charge on any atom is -0.496 e. The predicted octanol–water partition coefficient (Wildman–Crippen LogP) is 2.90. The van der Waals surface area contributed by atoms with Gasteiger partial charge in [-0.2, -0.15) is 5.10 Å². The first-order chi connectivity index (χ1) is 8.47. The summed E-state index contributed by atoms with van der Waals surface area (Å²) < 4.78 is 5.38. The number of nitrogens with two attached hydrogens (primary N) is 1. The molecule has 2 rings (SSSR count). The van der Waals surface area contributed by atoms with E-state index in [0.29, 0.717) is 5.82 Å². The molecule has 0 aliphatic carbocycles. The van der Waals surface area contributed by atoms with Gasteiger partial charge in [-0.3, -0.25) is 5.10 Å². The molecule has 0 radical (unpaired) electrons. The van der Waals surface area contributed by atoms with Crippen LogP contribution in [-0.2, 0) is 0 Å². The molecule has 1 aromatic heterocycles. The number of hydrogen-bond donors (Lipinski definition) is 2. The van der Waals surface area contributed by atoms with Crippen LogP contribution in [0.3, 0.4) is 0 Å². The molecule has 0 bridgehead atoms. The number of rotatable bonds is 2. The first-order valence-electron chi connectivity index (χ1n) is 5.93. The van der Waals surface area contributed by atoms with Crippen molar-refractivity contribution in [3.05, 3.63) is 28.3 Å². The Morgan fingerprint density at radius 1 is 1.11 bits per heavy atom. The van der Waals surface area contributed by atoms with Crippen LogP contribution < -0.4 is 10.5 Å². The lowest BCUT2D eigenvalue weighted by molar-refractivity contribution is 0.411. The Morgan fingerprint density at radius 2 is 1.78 bits per heavy atom. The molecule has 3 N–H and O–H groups in total. The molecule has 4 heteroatoms. The number of nitrogens with zero attached hydrogens (tertiary/aromatic N) is 1. The van der Waals surface area contributed by atoms with Gasteiger partial charge < -0.3 is 10.5 Å². The van der Waals surface area contributed by atoms with Crippen molar-refractivity contribution < 1.29 is 4.74 Å². The van der Waals surface area contributed by atoms with Gasteiger partial charge in [0.15, 0.2) is 0 Å². The zero-order valence-corrected chi connectivity index (χ0v) is 11.5. The van der Waals surface area contributed by atoms with E-state index < -0.39 is 0 Å². The molecule has 0 aliphatic heterocycles. The Kier molecular flexibility index (Phi) is 3.03. The number of aryl methyl sites for hydroxylation is 1. The van der Waals surface area contributed by atoms with Crippen molar-refractivity contribution in [2.24, 2.45) is 0 Å². The van der Waals surface area contributed by atoms with Gasteiger partial charge in [-0.25, -0.2) is 0 Å².